The molecule has 5 nitrogen and oxygen atoms in total. The van der Waals surface area contributed by atoms with Gasteiger partial charge in [0.15, 0.2) is 0 Å². The Morgan fingerprint density at radius 1 is 1.62 bits per heavy atom. The molecule has 0 aliphatic carbocycles. The van der Waals surface area contributed by atoms with Gasteiger partial charge in [0.25, 0.3) is 0 Å². The van der Waals surface area contributed by atoms with Crippen LogP contribution in [0.15, 0.2) is 0 Å². The van der Waals surface area contributed by atoms with Crippen molar-refractivity contribution in [2.45, 2.75) is 32.0 Å². The predicted molar refractivity (Wildman–Crippen MR) is 63.1 cm³/mol. The first-order valence-corrected chi connectivity index (χ1v) is 5.76. The summed E-state index contributed by atoms with van der Waals surface area (Å²) in [5.41, 5.74) is 5.60. The van der Waals surface area contributed by atoms with Crippen LogP contribution in [-0.4, -0.2) is 67.7 Å². The summed E-state index contributed by atoms with van der Waals surface area (Å²) in [6.45, 7) is 5.90. The van der Waals surface area contributed by atoms with Crippen LogP contribution in [0.2, 0.25) is 0 Å². The summed E-state index contributed by atoms with van der Waals surface area (Å²) in [5, 5.41) is 0. The molecule has 0 spiro atoms. The van der Waals surface area contributed by atoms with E-state index in [1.54, 1.807) is 19.0 Å². The van der Waals surface area contributed by atoms with Gasteiger partial charge < -0.3 is 15.4 Å². The topological polar surface area (TPSA) is 58.8 Å². The minimum Gasteiger partial charge on any atom is -0.374 e. The first-order valence-electron chi connectivity index (χ1n) is 5.76. The van der Waals surface area contributed by atoms with Crippen molar-refractivity contribution in [1.82, 2.24) is 9.80 Å². The molecule has 0 radical (unpaired) electrons. The predicted octanol–water partition coefficient (Wildman–Crippen LogP) is -0.489. The Labute approximate surface area is 97.5 Å². The summed E-state index contributed by atoms with van der Waals surface area (Å²) in [5.74, 6) is 0.129. The zero-order valence-corrected chi connectivity index (χ0v) is 10.6. The molecule has 3 atom stereocenters. The van der Waals surface area contributed by atoms with E-state index in [0.717, 1.165) is 6.54 Å². The number of morpholine rings is 1. The van der Waals surface area contributed by atoms with E-state index in [-0.39, 0.29) is 24.1 Å². The van der Waals surface area contributed by atoms with Crippen molar-refractivity contribution in [1.29, 1.82) is 0 Å². The summed E-state index contributed by atoms with van der Waals surface area (Å²) in [6, 6.07) is 0.157. The number of amides is 1. The number of carbonyl (C=O) groups excluding carboxylic acids is 1. The van der Waals surface area contributed by atoms with Crippen LogP contribution in [0.1, 0.15) is 13.8 Å². The summed E-state index contributed by atoms with van der Waals surface area (Å²) < 4.78 is 5.57. The molecule has 1 rings (SSSR count). The summed E-state index contributed by atoms with van der Waals surface area (Å²) in [7, 11) is 3.56. The Balaban J connectivity index is 2.65. The third kappa shape index (κ3) is 2.93. The Hall–Kier alpha value is -0.650. The highest BCUT2D eigenvalue weighted by atomic mass is 16.5. The van der Waals surface area contributed by atoms with Gasteiger partial charge >= 0.3 is 0 Å². The second-order valence-corrected chi connectivity index (χ2v) is 4.65. The molecule has 1 aliphatic rings. The summed E-state index contributed by atoms with van der Waals surface area (Å²) in [4.78, 5) is 15.7. The third-order valence-electron chi connectivity index (χ3n) is 3.11. The van der Waals surface area contributed by atoms with Crippen molar-refractivity contribution in [3.63, 3.8) is 0 Å². The van der Waals surface area contributed by atoms with E-state index in [1.807, 2.05) is 6.92 Å². The molecule has 0 saturated carbocycles. The average Bonchev–Trinajstić information content (AvgIpc) is 2.27. The fourth-order valence-electron chi connectivity index (χ4n) is 2.04. The van der Waals surface area contributed by atoms with Crippen LogP contribution >= 0.6 is 0 Å². The van der Waals surface area contributed by atoms with Crippen LogP contribution < -0.4 is 5.73 Å². The second kappa shape index (κ2) is 5.61. The third-order valence-corrected chi connectivity index (χ3v) is 3.11. The molecule has 0 aromatic carbocycles. The van der Waals surface area contributed by atoms with Gasteiger partial charge in [-0.25, -0.2) is 0 Å². The van der Waals surface area contributed by atoms with Crippen LogP contribution in [-0.2, 0) is 9.53 Å². The minimum absolute atomic E-state index is 0.0496. The molecule has 3 unspecified atom stereocenters. The van der Waals surface area contributed by atoms with E-state index in [9.17, 15) is 4.79 Å². The van der Waals surface area contributed by atoms with E-state index >= 15 is 0 Å². The van der Waals surface area contributed by atoms with Crippen LogP contribution in [0.5, 0.6) is 0 Å². The van der Waals surface area contributed by atoms with Crippen LogP contribution in [0, 0.1) is 0 Å². The highest BCUT2D eigenvalue weighted by Gasteiger charge is 2.32. The van der Waals surface area contributed by atoms with Crippen LogP contribution in [0.4, 0.5) is 0 Å². The lowest BCUT2D eigenvalue weighted by atomic mass is 10.1. The van der Waals surface area contributed by atoms with Crippen molar-refractivity contribution in [3.8, 4) is 0 Å². The zero-order valence-electron chi connectivity index (χ0n) is 10.6. The monoisotopic (exact) mass is 229 g/mol. The number of nitrogens with zero attached hydrogens (tertiary/aromatic N) is 2. The highest BCUT2D eigenvalue weighted by molar-refractivity contribution is 5.81. The number of hydrogen-bond acceptors (Lipinski definition) is 4. The van der Waals surface area contributed by atoms with E-state index in [4.69, 9.17) is 10.5 Å². The van der Waals surface area contributed by atoms with Gasteiger partial charge in [0.2, 0.25) is 5.91 Å². The van der Waals surface area contributed by atoms with E-state index < -0.39 is 0 Å². The molecule has 94 valence electrons. The van der Waals surface area contributed by atoms with Crippen molar-refractivity contribution in [2.24, 2.45) is 5.73 Å². The lowest BCUT2D eigenvalue weighted by Gasteiger charge is -2.41. The molecule has 1 saturated heterocycles. The van der Waals surface area contributed by atoms with Crippen molar-refractivity contribution in [3.05, 3.63) is 0 Å². The Morgan fingerprint density at radius 3 is 2.75 bits per heavy atom. The summed E-state index contributed by atoms with van der Waals surface area (Å²) >= 11 is 0. The fourth-order valence-corrected chi connectivity index (χ4v) is 2.04. The smallest absolute Gasteiger partial charge is 0.239 e. The number of likely N-dealkylation sites (N-methyl/N-ethyl adjacent to an activating group) is 1. The van der Waals surface area contributed by atoms with Gasteiger partial charge in [-0.15, -0.1) is 0 Å². The first-order chi connectivity index (χ1) is 7.47. The molecule has 0 aromatic rings. The lowest BCUT2D eigenvalue weighted by Crippen LogP contribution is -2.57. The van der Waals surface area contributed by atoms with Gasteiger partial charge in [-0.1, -0.05) is 0 Å². The molecule has 2 N–H and O–H groups in total. The van der Waals surface area contributed by atoms with Gasteiger partial charge in [0, 0.05) is 33.2 Å². The maximum absolute atomic E-state index is 11.9. The van der Waals surface area contributed by atoms with Crippen molar-refractivity contribution in [2.75, 3.05) is 33.8 Å². The van der Waals surface area contributed by atoms with Gasteiger partial charge in [-0.05, 0) is 13.8 Å². The molecule has 0 bridgehead atoms. The maximum atomic E-state index is 11.9. The standard InChI is InChI=1S/C11H23N3O2/c1-8-7-16-10(5-12)6-14(8)9(2)11(15)13(3)4/h8-10H,5-7,12H2,1-4H3. The quantitative estimate of drug-likeness (QED) is 0.709. The number of rotatable bonds is 3. The average molecular weight is 229 g/mol. The lowest BCUT2D eigenvalue weighted by molar-refractivity contribution is -0.139. The molecule has 1 heterocycles. The molecule has 5 heteroatoms. The van der Waals surface area contributed by atoms with Crippen molar-refractivity contribution >= 4 is 5.91 Å². The van der Waals surface area contributed by atoms with Crippen molar-refractivity contribution < 1.29 is 9.53 Å². The molecule has 16 heavy (non-hydrogen) atoms. The Bertz CT molecular complexity index is 245. The summed E-state index contributed by atoms with van der Waals surface area (Å²) in [6.07, 6.45) is 0.0496. The van der Waals surface area contributed by atoms with E-state index in [0.29, 0.717) is 13.2 Å². The first kappa shape index (κ1) is 13.4. The second-order valence-electron chi connectivity index (χ2n) is 4.65. The largest absolute Gasteiger partial charge is 0.374 e. The molecule has 0 aromatic heterocycles. The zero-order chi connectivity index (χ0) is 12.3. The number of hydrogen-bond donors (Lipinski definition) is 1. The minimum atomic E-state index is -0.108. The SMILES string of the molecule is CC1COC(CN)CN1C(C)C(=O)N(C)C. The van der Waals surface area contributed by atoms with Crippen LogP contribution in [0.25, 0.3) is 0 Å². The molecule has 1 aliphatic heterocycles. The Morgan fingerprint density at radius 2 is 2.25 bits per heavy atom. The van der Waals surface area contributed by atoms with Gasteiger partial charge in [0.1, 0.15) is 0 Å². The number of carbonyl (C=O) groups is 1. The molecule has 1 fully saturated rings. The molecule has 1 amide bonds. The maximum Gasteiger partial charge on any atom is 0.239 e. The Kier molecular flexibility index (Phi) is 4.70. The van der Waals surface area contributed by atoms with E-state index in [2.05, 4.69) is 11.8 Å². The molecular formula is C11H23N3O2. The van der Waals surface area contributed by atoms with E-state index in [1.165, 1.54) is 0 Å². The fraction of sp³-hybridized carbons (Fsp3) is 0.909. The van der Waals surface area contributed by atoms with Crippen LogP contribution in [0.3, 0.4) is 0 Å². The number of ether oxygens (including phenoxy) is 1. The number of nitrogens with two attached hydrogens (primary N) is 1. The van der Waals surface area contributed by atoms with Gasteiger partial charge in [0.05, 0.1) is 18.8 Å². The molecular weight excluding hydrogens is 206 g/mol. The highest BCUT2D eigenvalue weighted by Crippen LogP contribution is 2.15. The van der Waals surface area contributed by atoms with Gasteiger partial charge in [-0.3, -0.25) is 9.69 Å². The van der Waals surface area contributed by atoms with Gasteiger partial charge in [-0.2, -0.15) is 0 Å². The normalized spacial score (nSPS) is 28.8.